The van der Waals surface area contributed by atoms with Gasteiger partial charge in [0, 0.05) is 5.92 Å². The fraction of sp³-hybridized carbons (Fsp3) is 0.412. The zero-order valence-corrected chi connectivity index (χ0v) is 12.0. The van der Waals surface area contributed by atoms with Gasteiger partial charge in [-0.2, -0.15) is 5.10 Å². The van der Waals surface area contributed by atoms with E-state index in [9.17, 15) is 4.79 Å². The van der Waals surface area contributed by atoms with E-state index in [1.807, 2.05) is 43.3 Å². The molecule has 1 N–H and O–H groups in total. The summed E-state index contributed by atoms with van der Waals surface area (Å²) in [5, 5.41) is 4.05. The van der Waals surface area contributed by atoms with Gasteiger partial charge in [-0.3, -0.25) is 4.79 Å². The lowest BCUT2D eigenvalue weighted by Gasteiger charge is -2.19. The zero-order chi connectivity index (χ0) is 14.2. The van der Waals surface area contributed by atoms with Crippen LogP contribution in [0.15, 0.2) is 41.0 Å². The molecule has 106 valence electrons. The van der Waals surface area contributed by atoms with E-state index in [1.165, 1.54) is 6.42 Å². The monoisotopic (exact) mass is 270 g/mol. The normalized spacial score (nSPS) is 17.4. The van der Waals surface area contributed by atoms with Gasteiger partial charge in [0.2, 0.25) is 5.91 Å². The van der Waals surface area contributed by atoms with Gasteiger partial charge in [0.1, 0.15) is 0 Å². The average molecular weight is 270 g/mol. The predicted octanol–water partition coefficient (Wildman–Crippen LogP) is 3.77. The number of carbonyl (C=O) groups excluding carboxylic acids is 1. The summed E-state index contributed by atoms with van der Waals surface area (Å²) < 4.78 is 0. The highest BCUT2D eigenvalue weighted by Gasteiger charge is 2.20. The van der Waals surface area contributed by atoms with Gasteiger partial charge in [0.25, 0.3) is 0 Å². The maximum Gasteiger partial charge on any atom is 0.243 e. The quantitative estimate of drug-likeness (QED) is 0.656. The molecule has 2 rings (SSSR count). The molecule has 0 unspecified atom stereocenters. The second-order valence-electron chi connectivity index (χ2n) is 5.37. The second kappa shape index (κ2) is 7.63. The molecule has 1 aliphatic carbocycles. The summed E-state index contributed by atoms with van der Waals surface area (Å²) in [6.07, 6.45) is 9.32. The Morgan fingerprint density at radius 1 is 1.20 bits per heavy atom. The Kier molecular flexibility index (Phi) is 5.54. The minimum absolute atomic E-state index is 0.0634. The van der Waals surface area contributed by atoms with Crippen molar-refractivity contribution in [2.45, 2.75) is 39.0 Å². The van der Waals surface area contributed by atoms with Crippen molar-refractivity contribution in [3.8, 4) is 0 Å². The van der Waals surface area contributed by atoms with Crippen molar-refractivity contribution in [2.24, 2.45) is 11.0 Å². The molecular formula is C17H22N2O. The molecule has 20 heavy (non-hydrogen) atoms. The summed E-state index contributed by atoms with van der Waals surface area (Å²) in [6, 6.07) is 10.1. The third-order valence-electron chi connectivity index (χ3n) is 3.61. The fourth-order valence-corrected chi connectivity index (χ4v) is 2.50. The summed E-state index contributed by atoms with van der Waals surface area (Å²) in [5.41, 5.74) is 4.81. The fourth-order valence-electron chi connectivity index (χ4n) is 2.50. The van der Waals surface area contributed by atoms with Crippen LogP contribution in [-0.2, 0) is 4.79 Å². The number of rotatable bonds is 4. The highest BCUT2D eigenvalue weighted by molar-refractivity contribution is 5.86. The van der Waals surface area contributed by atoms with E-state index in [-0.39, 0.29) is 11.8 Å². The van der Waals surface area contributed by atoms with Crippen LogP contribution in [0.2, 0.25) is 0 Å². The Balaban J connectivity index is 1.83. The molecule has 0 heterocycles. The second-order valence-corrected chi connectivity index (χ2v) is 5.37. The minimum Gasteiger partial charge on any atom is -0.273 e. The third kappa shape index (κ3) is 4.65. The molecule has 0 atom stereocenters. The van der Waals surface area contributed by atoms with Crippen LogP contribution in [-0.4, -0.2) is 12.1 Å². The van der Waals surface area contributed by atoms with Crippen molar-refractivity contribution in [3.63, 3.8) is 0 Å². The Morgan fingerprint density at radius 2 is 1.90 bits per heavy atom. The number of carbonyl (C=O) groups is 1. The number of nitrogens with zero attached hydrogens (tertiary/aromatic N) is 1. The van der Waals surface area contributed by atoms with Crippen LogP contribution in [0.5, 0.6) is 0 Å². The van der Waals surface area contributed by atoms with Gasteiger partial charge in [0.05, 0.1) is 6.21 Å². The number of hydrogen-bond acceptors (Lipinski definition) is 2. The number of allylic oxidation sites excluding steroid dienone is 1. The van der Waals surface area contributed by atoms with Crippen LogP contribution < -0.4 is 5.43 Å². The molecule has 0 bridgehead atoms. The third-order valence-corrected chi connectivity index (χ3v) is 3.61. The van der Waals surface area contributed by atoms with E-state index >= 15 is 0 Å². The van der Waals surface area contributed by atoms with Crippen LogP contribution in [0.4, 0.5) is 0 Å². The first-order valence-electron chi connectivity index (χ1n) is 7.32. The maximum atomic E-state index is 11.9. The van der Waals surface area contributed by atoms with E-state index in [4.69, 9.17) is 0 Å². The molecule has 3 heteroatoms. The Morgan fingerprint density at radius 3 is 2.60 bits per heavy atom. The minimum atomic E-state index is 0.0634. The van der Waals surface area contributed by atoms with Crippen molar-refractivity contribution in [3.05, 3.63) is 41.5 Å². The summed E-state index contributed by atoms with van der Waals surface area (Å²) in [5.74, 6) is 0.216. The van der Waals surface area contributed by atoms with Gasteiger partial charge in [-0.15, -0.1) is 0 Å². The largest absolute Gasteiger partial charge is 0.273 e. The van der Waals surface area contributed by atoms with Crippen molar-refractivity contribution in [2.75, 3.05) is 0 Å². The molecule has 1 aromatic carbocycles. The average Bonchev–Trinajstić information content (AvgIpc) is 2.49. The SMILES string of the molecule is CC(/C=N\NC(=O)C1CCCCC1)=C/c1ccccc1. The first kappa shape index (κ1) is 14.5. The molecule has 1 aliphatic rings. The lowest BCUT2D eigenvalue weighted by molar-refractivity contribution is -0.125. The van der Waals surface area contributed by atoms with Crippen LogP contribution in [0.3, 0.4) is 0 Å². The highest BCUT2D eigenvalue weighted by Crippen LogP contribution is 2.23. The topological polar surface area (TPSA) is 41.5 Å². The van der Waals surface area contributed by atoms with Crippen LogP contribution in [0, 0.1) is 5.92 Å². The van der Waals surface area contributed by atoms with E-state index in [0.29, 0.717) is 0 Å². The number of amides is 1. The molecule has 1 fully saturated rings. The van der Waals surface area contributed by atoms with Crippen molar-refractivity contribution in [1.29, 1.82) is 0 Å². The van der Waals surface area contributed by atoms with Crippen LogP contribution >= 0.6 is 0 Å². The summed E-state index contributed by atoms with van der Waals surface area (Å²) in [6.45, 7) is 1.98. The molecule has 0 aliphatic heterocycles. The first-order chi connectivity index (χ1) is 9.75. The number of benzene rings is 1. The molecule has 1 saturated carbocycles. The number of hydrogen-bond donors (Lipinski definition) is 1. The Bertz CT molecular complexity index is 485. The molecular weight excluding hydrogens is 248 g/mol. The molecule has 0 aromatic heterocycles. The van der Waals surface area contributed by atoms with Crippen LogP contribution in [0.25, 0.3) is 6.08 Å². The number of hydrazone groups is 1. The molecule has 0 spiro atoms. The maximum absolute atomic E-state index is 11.9. The van der Waals surface area contributed by atoms with E-state index in [1.54, 1.807) is 6.21 Å². The smallest absolute Gasteiger partial charge is 0.243 e. The van der Waals surface area contributed by atoms with Crippen LogP contribution in [0.1, 0.15) is 44.6 Å². The van der Waals surface area contributed by atoms with Crippen molar-refractivity contribution < 1.29 is 4.79 Å². The van der Waals surface area contributed by atoms with Gasteiger partial charge in [-0.05, 0) is 30.9 Å². The van der Waals surface area contributed by atoms with E-state index in [0.717, 1.165) is 36.8 Å². The van der Waals surface area contributed by atoms with Crippen molar-refractivity contribution >= 4 is 18.2 Å². The lowest BCUT2D eigenvalue weighted by Crippen LogP contribution is -2.28. The summed E-state index contributed by atoms with van der Waals surface area (Å²) in [4.78, 5) is 11.9. The molecule has 3 nitrogen and oxygen atoms in total. The van der Waals surface area contributed by atoms with Gasteiger partial charge in [-0.1, -0.05) is 55.7 Å². The van der Waals surface area contributed by atoms with Gasteiger partial charge < -0.3 is 0 Å². The predicted molar refractivity (Wildman–Crippen MR) is 83.3 cm³/mol. The lowest BCUT2D eigenvalue weighted by atomic mass is 9.89. The van der Waals surface area contributed by atoms with Gasteiger partial charge >= 0.3 is 0 Å². The van der Waals surface area contributed by atoms with Gasteiger partial charge in [-0.25, -0.2) is 5.43 Å². The first-order valence-corrected chi connectivity index (χ1v) is 7.32. The highest BCUT2D eigenvalue weighted by atomic mass is 16.2. The van der Waals surface area contributed by atoms with Crippen molar-refractivity contribution in [1.82, 2.24) is 5.43 Å². The number of nitrogens with one attached hydrogen (secondary N) is 1. The Labute approximate surface area is 120 Å². The van der Waals surface area contributed by atoms with E-state index in [2.05, 4.69) is 10.5 Å². The molecule has 1 aromatic rings. The summed E-state index contributed by atoms with van der Waals surface area (Å²) >= 11 is 0. The van der Waals surface area contributed by atoms with E-state index < -0.39 is 0 Å². The summed E-state index contributed by atoms with van der Waals surface area (Å²) in [7, 11) is 0. The zero-order valence-electron chi connectivity index (χ0n) is 12.0. The molecule has 0 radical (unpaired) electrons. The molecule has 0 saturated heterocycles. The standard InChI is InChI=1S/C17H22N2O/c1-14(12-15-8-4-2-5-9-15)13-18-19-17(20)16-10-6-3-7-11-16/h2,4-5,8-9,12-13,16H,3,6-7,10-11H2,1H3,(H,19,20)/b14-12-,18-13-. The Hall–Kier alpha value is -1.90. The van der Waals surface area contributed by atoms with Gasteiger partial charge in [0.15, 0.2) is 0 Å². The molecule has 1 amide bonds.